The van der Waals surface area contributed by atoms with Crippen LogP contribution in [0.1, 0.15) is 11.1 Å². The van der Waals surface area contributed by atoms with Gasteiger partial charge in [-0.05, 0) is 28.3 Å². The maximum atomic E-state index is 7.14. The molecule has 0 bridgehead atoms. The lowest BCUT2D eigenvalue weighted by molar-refractivity contribution is 1.12. The lowest BCUT2D eigenvalue weighted by atomic mass is 10.1. The molecule has 0 amide bonds. The van der Waals surface area contributed by atoms with Crippen molar-refractivity contribution in [2.45, 2.75) is 6.42 Å². The summed E-state index contributed by atoms with van der Waals surface area (Å²) in [6.45, 7) is 0. The van der Waals surface area contributed by atoms with Crippen LogP contribution in [0, 0.1) is 5.53 Å². The van der Waals surface area contributed by atoms with E-state index in [-0.39, 0.29) is 0 Å². The highest BCUT2D eigenvalue weighted by molar-refractivity contribution is 5.80. The van der Waals surface area contributed by atoms with Crippen LogP contribution in [-0.2, 0) is 6.42 Å². The molecule has 0 saturated carbocycles. The Hall–Kier alpha value is -1.96. The molecule has 72 valence electrons. The first kappa shape index (κ1) is 8.36. The van der Waals surface area contributed by atoms with Gasteiger partial charge in [0.2, 0.25) is 0 Å². The second-order valence-corrected chi connectivity index (χ2v) is 3.75. The molecule has 0 saturated heterocycles. The number of hydrogen-bond donors (Lipinski definition) is 1. The molecular weight excluding hydrogens is 184 g/mol. The molecule has 0 heterocycles. The van der Waals surface area contributed by atoms with Crippen molar-refractivity contribution in [2.75, 3.05) is 0 Å². The predicted molar refractivity (Wildman–Crippen MR) is 59.5 cm³/mol. The molecule has 15 heavy (non-hydrogen) atoms. The van der Waals surface area contributed by atoms with Crippen LogP contribution in [0.5, 0.6) is 0 Å². The van der Waals surface area contributed by atoms with E-state index in [1.165, 1.54) is 22.3 Å². The Labute approximate surface area is 88.1 Å². The minimum absolute atomic E-state index is 0.795. The summed E-state index contributed by atoms with van der Waals surface area (Å²) in [5.41, 5.74) is 13.0. The minimum atomic E-state index is 0.795. The van der Waals surface area contributed by atoms with Crippen molar-refractivity contribution in [3.05, 3.63) is 53.6 Å². The lowest BCUT2D eigenvalue weighted by Crippen LogP contribution is -1.80. The highest BCUT2D eigenvalue weighted by Crippen LogP contribution is 2.40. The molecule has 0 unspecified atom stereocenters. The third-order valence-electron chi connectivity index (χ3n) is 2.95. The fourth-order valence-corrected chi connectivity index (χ4v) is 2.25. The van der Waals surface area contributed by atoms with Gasteiger partial charge in [0, 0.05) is 6.42 Å². The summed E-state index contributed by atoms with van der Waals surface area (Å²) < 4.78 is 0. The quantitative estimate of drug-likeness (QED) is 0.570. The Morgan fingerprint density at radius 3 is 2.60 bits per heavy atom. The normalized spacial score (nSPS) is 12.0. The number of nitrogens with zero attached hydrogens (tertiary/aromatic N) is 1. The molecule has 0 fully saturated rings. The van der Waals surface area contributed by atoms with Crippen LogP contribution in [0.15, 0.2) is 47.6 Å². The molecule has 0 radical (unpaired) electrons. The Kier molecular flexibility index (Phi) is 1.68. The lowest BCUT2D eigenvalue weighted by Gasteiger charge is -2.01. The Bertz CT molecular complexity index is 544. The Morgan fingerprint density at radius 1 is 0.933 bits per heavy atom. The second-order valence-electron chi connectivity index (χ2n) is 3.75. The topological polar surface area (TPSA) is 36.2 Å². The third-order valence-corrected chi connectivity index (χ3v) is 2.95. The number of hydrogen-bond acceptors (Lipinski definition) is 2. The van der Waals surface area contributed by atoms with E-state index in [2.05, 4.69) is 35.4 Å². The van der Waals surface area contributed by atoms with Gasteiger partial charge in [-0.3, -0.25) is 0 Å². The Morgan fingerprint density at radius 2 is 1.73 bits per heavy atom. The zero-order valence-electron chi connectivity index (χ0n) is 8.20. The fourth-order valence-electron chi connectivity index (χ4n) is 2.25. The highest BCUT2D eigenvalue weighted by Gasteiger charge is 2.19. The van der Waals surface area contributed by atoms with Crippen LogP contribution in [0.4, 0.5) is 5.69 Å². The first-order valence-electron chi connectivity index (χ1n) is 4.98. The van der Waals surface area contributed by atoms with Crippen molar-refractivity contribution >= 4 is 5.69 Å². The van der Waals surface area contributed by atoms with Gasteiger partial charge in [-0.15, -0.1) is 0 Å². The van der Waals surface area contributed by atoms with Gasteiger partial charge >= 0.3 is 0 Å². The number of nitrogens with one attached hydrogen (secondary N) is 1. The average Bonchev–Trinajstić information content (AvgIpc) is 2.67. The summed E-state index contributed by atoms with van der Waals surface area (Å²) in [4.78, 5) is 0. The fraction of sp³-hybridized carbons (Fsp3) is 0.0769. The molecule has 2 aromatic carbocycles. The molecule has 0 aliphatic heterocycles. The second kappa shape index (κ2) is 3.02. The van der Waals surface area contributed by atoms with Crippen molar-refractivity contribution in [3.8, 4) is 11.1 Å². The van der Waals surface area contributed by atoms with Gasteiger partial charge in [0.05, 0.1) is 5.69 Å². The molecule has 2 aromatic rings. The molecule has 1 aliphatic carbocycles. The zero-order valence-corrected chi connectivity index (χ0v) is 8.20. The van der Waals surface area contributed by atoms with E-state index >= 15 is 0 Å². The highest BCUT2D eigenvalue weighted by atomic mass is 15.0. The van der Waals surface area contributed by atoms with E-state index in [0.717, 1.165) is 12.1 Å². The first-order chi connectivity index (χ1) is 7.40. The van der Waals surface area contributed by atoms with Crippen LogP contribution in [0.2, 0.25) is 0 Å². The third kappa shape index (κ3) is 1.11. The largest absolute Gasteiger partial charge is 0.204 e. The van der Waals surface area contributed by atoms with Gasteiger partial charge in [-0.1, -0.05) is 36.4 Å². The van der Waals surface area contributed by atoms with E-state index in [9.17, 15) is 0 Å². The smallest absolute Gasteiger partial charge is 0.0891 e. The van der Waals surface area contributed by atoms with Crippen molar-refractivity contribution in [1.82, 2.24) is 0 Å². The van der Waals surface area contributed by atoms with E-state index in [1.807, 2.05) is 12.1 Å². The summed E-state index contributed by atoms with van der Waals surface area (Å²) in [7, 11) is 0. The van der Waals surface area contributed by atoms with Gasteiger partial charge in [-0.2, -0.15) is 5.11 Å². The summed E-state index contributed by atoms with van der Waals surface area (Å²) >= 11 is 0. The maximum absolute atomic E-state index is 7.14. The monoisotopic (exact) mass is 194 g/mol. The summed E-state index contributed by atoms with van der Waals surface area (Å²) in [6, 6.07) is 14.4. The molecule has 1 N–H and O–H groups in total. The standard InChI is InChI=1S/C13H10N2/c14-15-13-7-3-6-11-10-5-2-1-4-9(10)8-12(11)13/h1-7,14H,8H2. The average molecular weight is 194 g/mol. The van der Waals surface area contributed by atoms with Crippen LogP contribution in [0.25, 0.3) is 11.1 Å². The van der Waals surface area contributed by atoms with E-state index in [0.29, 0.717) is 0 Å². The van der Waals surface area contributed by atoms with Gasteiger partial charge in [0.1, 0.15) is 0 Å². The first-order valence-corrected chi connectivity index (χ1v) is 4.98. The van der Waals surface area contributed by atoms with Gasteiger partial charge < -0.3 is 0 Å². The van der Waals surface area contributed by atoms with E-state index < -0.39 is 0 Å². The summed E-state index contributed by atoms with van der Waals surface area (Å²) in [5.74, 6) is 0. The molecule has 2 nitrogen and oxygen atoms in total. The van der Waals surface area contributed by atoms with Crippen molar-refractivity contribution in [2.24, 2.45) is 5.11 Å². The molecular formula is C13H10N2. The number of benzene rings is 2. The van der Waals surface area contributed by atoms with Crippen molar-refractivity contribution in [3.63, 3.8) is 0 Å². The Balaban J connectivity index is 2.30. The van der Waals surface area contributed by atoms with Crippen LogP contribution >= 0.6 is 0 Å². The van der Waals surface area contributed by atoms with Crippen molar-refractivity contribution in [1.29, 1.82) is 5.53 Å². The van der Waals surface area contributed by atoms with Gasteiger partial charge in [-0.25, -0.2) is 5.53 Å². The van der Waals surface area contributed by atoms with Crippen LogP contribution in [0.3, 0.4) is 0 Å². The minimum Gasteiger partial charge on any atom is -0.204 e. The molecule has 2 heteroatoms. The van der Waals surface area contributed by atoms with Gasteiger partial charge in [0.25, 0.3) is 0 Å². The van der Waals surface area contributed by atoms with Crippen LogP contribution < -0.4 is 0 Å². The van der Waals surface area contributed by atoms with Gasteiger partial charge in [0.15, 0.2) is 0 Å². The molecule has 3 rings (SSSR count). The molecule has 0 aromatic heterocycles. The summed E-state index contributed by atoms with van der Waals surface area (Å²) in [6.07, 6.45) is 0.907. The zero-order chi connectivity index (χ0) is 10.3. The molecule has 0 atom stereocenters. The summed E-state index contributed by atoms with van der Waals surface area (Å²) in [5, 5.41) is 3.58. The molecule has 1 aliphatic rings. The SMILES string of the molecule is N=Nc1cccc2c1Cc1ccccc1-2. The van der Waals surface area contributed by atoms with Crippen LogP contribution in [-0.4, -0.2) is 0 Å². The van der Waals surface area contributed by atoms with E-state index in [4.69, 9.17) is 5.53 Å². The van der Waals surface area contributed by atoms with Crippen molar-refractivity contribution < 1.29 is 0 Å². The maximum Gasteiger partial charge on any atom is 0.0891 e. The number of rotatable bonds is 1. The van der Waals surface area contributed by atoms with E-state index in [1.54, 1.807) is 0 Å². The predicted octanol–water partition coefficient (Wildman–Crippen LogP) is 3.92. The number of fused-ring (bicyclic) bond motifs is 3. The molecule has 0 spiro atoms.